The fraction of sp³-hybridized carbons (Fsp3) is 0.0333. The maximum atomic E-state index is 5.62. The normalized spacial score (nSPS) is 12.0. The van der Waals surface area contributed by atoms with Crippen molar-refractivity contribution in [3.63, 3.8) is 0 Å². The molecule has 0 aliphatic carbocycles. The largest absolute Gasteiger partial charge is 0.247 e. The molecule has 2 heterocycles. The second-order valence-electron chi connectivity index (χ2n) is 16.4. The van der Waals surface area contributed by atoms with Gasteiger partial charge in [-0.3, -0.25) is 0 Å². The van der Waals surface area contributed by atoms with Gasteiger partial charge in [-0.05, 0) is 96.4 Å². The quantitative estimate of drug-likeness (QED) is 0.124. The van der Waals surface area contributed by atoms with Crippen molar-refractivity contribution in [2.24, 2.45) is 0 Å². The molecule has 290 valence electrons. The molecule has 0 N–H and O–H groups in total. The number of pyridine rings is 2. The Morgan fingerprint density at radius 2 is 0.935 bits per heavy atom. The third-order valence-electron chi connectivity index (χ3n) is 12.8. The van der Waals surface area contributed by atoms with Crippen LogP contribution in [0.15, 0.2) is 206 Å². The summed E-state index contributed by atoms with van der Waals surface area (Å²) in [5.74, 6) is 0. The molecule has 0 spiro atoms. The molecule has 62 heavy (non-hydrogen) atoms. The molecule has 0 saturated heterocycles. The van der Waals surface area contributed by atoms with E-state index in [1.165, 1.54) is 76.1 Å². The number of rotatable bonds is 6. The third-order valence-corrected chi connectivity index (χ3v) is 12.8. The summed E-state index contributed by atoms with van der Waals surface area (Å²) >= 11 is 0. The number of hydrogen-bond acceptors (Lipinski definition) is 2. The van der Waals surface area contributed by atoms with Crippen molar-refractivity contribution in [2.75, 3.05) is 0 Å². The van der Waals surface area contributed by atoms with Crippen LogP contribution in [0.3, 0.4) is 0 Å². The van der Waals surface area contributed by atoms with Gasteiger partial charge in [-0.1, -0.05) is 200 Å². The number of benzene rings is 10. The van der Waals surface area contributed by atoms with Crippen LogP contribution >= 0.6 is 0 Å². The molecular formula is C60H40N2. The number of aromatic nitrogens is 2. The molecule has 12 aromatic rings. The highest BCUT2D eigenvalue weighted by Gasteiger charge is 2.20. The Kier molecular flexibility index (Phi) is 8.50. The van der Waals surface area contributed by atoms with E-state index in [1.54, 1.807) is 0 Å². The predicted molar refractivity (Wildman–Crippen MR) is 265 cm³/mol. The first-order valence-electron chi connectivity index (χ1n) is 21.5. The first-order valence-corrected chi connectivity index (χ1v) is 21.5. The standard InChI is InChI=1S/C60H40N2/c1-38-40(20-15-19-39-17-3-2-4-18-39)33-34-41-35-36-54(61-58(38)41)56-49-28-10-8-26-47(49)55(48-27-9-11-29-50(48)56)42-21-16-22-43(37-42)59-53-32-14-12-30-51(53)57-46-25-7-5-23-44(46)45-24-6-13-31-52(45)60(57)62-59/h2-18,20-37H,19H2,1H3/b20-15-. The summed E-state index contributed by atoms with van der Waals surface area (Å²) in [5.41, 5.74) is 12.3. The fourth-order valence-electron chi connectivity index (χ4n) is 9.95. The van der Waals surface area contributed by atoms with E-state index in [9.17, 15) is 0 Å². The van der Waals surface area contributed by atoms with Gasteiger partial charge in [0.05, 0.1) is 22.4 Å². The summed E-state index contributed by atoms with van der Waals surface area (Å²) in [6, 6.07) is 72.4. The van der Waals surface area contributed by atoms with Crippen LogP contribution in [-0.2, 0) is 6.42 Å². The first-order chi connectivity index (χ1) is 30.7. The molecule has 0 amide bonds. The van der Waals surface area contributed by atoms with Crippen LogP contribution in [0.5, 0.6) is 0 Å². The molecular weight excluding hydrogens is 749 g/mol. The number of nitrogens with zero attached hydrogens (tertiary/aromatic N) is 2. The topological polar surface area (TPSA) is 25.8 Å². The molecule has 0 atom stereocenters. The monoisotopic (exact) mass is 788 g/mol. The van der Waals surface area contributed by atoms with E-state index in [-0.39, 0.29) is 0 Å². The molecule has 0 bridgehead atoms. The number of hydrogen-bond donors (Lipinski definition) is 0. The van der Waals surface area contributed by atoms with Crippen LogP contribution in [0.4, 0.5) is 0 Å². The second-order valence-corrected chi connectivity index (χ2v) is 16.4. The van der Waals surface area contributed by atoms with Crippen LogP contribution in [0.2, 0.25) is 0 Å². The Bertz CT molecular complexity index is 3730. The Hall–Kier alpha value is -7.94. The maximum Gasteiger partial charge on any atom is 0.0800 e. The van der Waals surface area contributed by atoms with Crippen LogP contribution in [0.1, 0.15) is 16.7 Å². The minimum atomic E-state index is 0.892. The SMILES string of the molecule is Cc1c(/C=C\Cc2ccccc2)ccc2ccc(-c3c4ccccc4c(-c4cccc(-c5nc6c7ccccc7c7ccccc7c6c6ccccc56)c4)c4ccccc34)nc12. The minimum absolute atomic E-state index is 0.892. The van der Waals surface area contributed by atoms with Crippen molar-refractivity contribution in [3.8, 4) is 33.6 Å². The molecule has 2 aromatic heterocycles. The van der Waals surface area contributed by atoms with Crippen molar-refractivity contribution in [2.45, 2.75) is 13.3 Å². The molecule has 10 aromatic carbocycles. The van der Waals surface area contributed by atoms with Gasteiger partial charge in [-0.2, -0.15) is 0 Å². The van der Waals surface area contributed by atoms with Gasteiger partial charge in [0.2, 0.25) is 0 Å². The second kappa shape index (κ2) is 14.7. The summed E-state index contributed by atoms with van der Waals surface area (Å²) in [5, 5.41) is 14.4. The molecule has 12 rings (SSSR count). The summed E-state index contributed by atoms with van der Waals surface area (Å²) in [6.45, 7) is 2.20. The Labute approximate surface area is 360 Å². The van der Waals surface area contributed by atoms with Gasteiger partial charge < -0.3 is 0 Å². The minimum Gasteiger partial charge on any atom is -0.247 e. The highest BCUT2D eigenvalue weighted by atomic mass is 14.7. The Morgan fingerprint density at radius 3 is 1.63 bits per heavy atom. The highest BCUT2D eigenvalue weighted by molar-refractivity contribution is 6.31. The fourth-order valence-corrected chi connectivity index (χ4v) is 9.95. The average molecular weight is 789 g/mol. The van der Waals surface area contributed by atoms with Gasteiger partial charge in [0.15, 0.2) is 0 Å². The van der Waals surface area contributed by atoms with Crippen LogP contribution < -0.4 is 0 Å². The lowest BCUT2D eigenvalue weighted by Gasteiger charge is -2.19. The van der Waals surface area contributed by atoms with E-state index in [0.29, 0.717) is 0 Å². The first kappa shape index (κ1) is 36.0. The molecule has 0 saturated carbocycles. The van der Waals surface area contributed by atoms with E-state index >= 15 is 0 Å². The average Bonchev–Trinajstić information content (AvgIpc) is 3.34. The summed E-state index contributed by atoms with van der Waals surface area (Å²) in [4.78, 5) is 11.1. The van der Waals surface area contributed by atoms with Gasteiger partial charge in [0.25, 0.3) is 0 Å². The molecule has 2 heteroatoms. The van der Waals surface area contributed by atoms with Gasteiger partial charge in [-0.15, -0.1) is 0 Å². The molecule has 0 aliphatic rings. The third kappa shape index (κ3) is 5.79. The summed E-state index contributed by atoms with van der Waals surface area (Å²) in [6.07, 6.45) is 5.39. The molecule has 0 aliphatic heterocycles. The lowest BCUT2D eigenvalue weighted by Crippen LogP contribution is -1.95. The smallest absolute Gasteiger partial charge is 0.0800 e. The van der Waals surface area contributed by atoms with E-state index in [1.807, 2.05) is 0 Å². The highest BCUT2D eigenvalue weighted by Crippen LogP contribution is 2.46. The predicted octanol–water partition coefficient (Wildman–Crippen LogP) is 16.1. The van der Waals surface area contributed by atoms with Gasteiger partial charge in [-0.25, -0.2) is 9.97 Å². The van der Waals surface area contributed by atoms with E-state index < -0.39 is 0 Å². The van der Waals surface area contributed by atoms with E-state index in [4.69, 9.17) is 9.97 Å². The lowest BCUT2D eigenvalue weighted by molar-refractivity contribution is 1.28. The zero-order valence-corrected chi connectivity index (χ0v) is 34.3. The maximum absolute atomic E-state index is 5.62. The molecule has 0 unspecified atom stereocenters. The molecule has 0 radical (unpaired) electrons. The van der Waals surface area contributed by atoms with Gasteiger partial charge >= 0.3 is 0 Å². The molecule has 0 fully saturated rings. The van der Waals surface area contributed by atoms with Gasteiger partial charge in [0, 0.05) is 32.7 Å². The summed E-state index contributed by atoms with van der Waals surface area (Å²) in [7, 11) is 0. The van der Waals surface area contributed by atoms with Crippen molar-refractivity contribution in [1.29, 1.82) is 0 Å². The Morgan fingerprint density at radius 1 is 0.403 bits per heavy atom. The van der Waals surface area contributed by atoms with Crippen molar-refractivity contribution in [1.82, 2.24) is 9.97 Å². The van der Waals surface area contributed by atoms with Crippen LogP contribution in [0, 0.1) is 6.92 Å². The number of allylic oxidation sites excluding steroid dienone is 1. The molecule has 2 nitrogen and oxygen atoms in total. The zero-order valence-electron chi connectivity index (χ0n) is 34.3. The van der Waals surface area contributed by atoms with Gasteiger partial charge in [0.1, 0.15) is 0 Å². The Balaban J connectivity index is 1.04. The van der Waals surface area contributed by atoms with Crippen LogP contribution in [-0.4, -0.2) is 9.97 Å². The number of aryl methyl sites for hydroxylation is 1. The van der Waals surface area contributed by atoms with Crippen molar-refractivity contribution < 1.29 is 0 Å². The zero-order chi connectivity index (χ0) is 41.1. The van der Waals surface area contributed by atoms with E-state index in [0.717, 1.165) is 56.3 Å². The summed E-state index contributed by atoms with van der Waals surface area (Å²) < 4.78 is 0. The van der Waals surface area contributed by atoms with E-state index in [2.05, 4.69) is 219 Å². The number of fused-ring (bicyclic) bond motifs is 11. The van der Waals surface area contributed by atoms with Crippen molar-refractivity contribution in [3.05, 3.63) is 223 Å². The lowest BCUT2D eigenvalue weighted by atomic mass is 9.86. The van der Waals surface area contributed by atoms with Crippen molar-refractivity contribution >= 4 is 81.7 Å². The van der Waals surface area contributed by atoms with Crippen LogP contribution in [0.25, 0.3) is 115 Å².